The van der Waals surface area contributed by atoms with E-state index < -0.39 is 0 Å². The van der Waals surface area contributed by atoms with E-state index in [1.54, 1.807) is 0 Å². The van der Waals surface area contributed by atoms with E-state index in [-0.39, 0.29) is 0 Å². The van der Waals surface area contributed by atoms with Crippen LogP contribution < -0.4 is 0 Å². The highest BCUT2D eigenvalue weighted by atomic mass is 15.0. The Balaban J connectivity index is 1.11. The zero-order valence-corrected chi connectivity index (χ0v) is 33.6. The van der Waals surface area contributed by atoms with Gasteiger partial charge in [0, 0.05) is 49.5 Å². The SMILES string of the molecule is c1ccc(-c2ccc3c(c2)c2ccccc2n3-c2ccc3c4ccccc4n(-c4cc(-c5nc(-c6ccccc6)nc(-c6ccccc6)n5)ccc4-c4ccccc4)c3c2)cc1. The van der Waals surface area contributed by atoms with E-state index in [9.17, 15) is 0 Å². The van der Waals surface area contributed by atoms with Crippen LogP contribution in [0.5, 0.6) is 0 Å². The third kappa shape index (κ3) is 5.98. The number of nitrogens with zero attached hydrogens (tertiary/aromatic N) is 5. The van der Waals surface area contributed by atoms with E-state index in [0.717, 1.165) is 55.7 Å². The monoisotopic (exact) mass is 791 g/mol. The van der Waals surface area contributed by atoms with Gasteiger partial charge >= 0.3 is 0 Å². The fourth-order valence-corrected chi connectivity index (χ4v) is 9.07. The Morgan fingerprint density at radius 2 is 0.726 bits per heavy atom. The van der Waals surface area contributed by atoms with Crippen LogP contribution >= 0.6 is 0 Å². The van der Waals surface area contributed by atoms with Crippen LogP contribution in [0, 0.1) is 0 Å². The third-order valence-corrected chi connectivity index (χ3v) is 12.0. The fourth-order valence-electron chi connectivity index (χ4n) is 9.07. The summed E-state index contributed by atoms with van der Waals surface area (Å²) in [5.41, 5.74) is 14.1. The average molecular weight is 792 g/mol. The van der Waals surface area contributed by atoms with Crippen LogP contribution in [-0.4, -0.2) is 24.1 Å². The Labute approximate surface area is 358 Å². The highest BCUT2D eigenvalue weighted by molar-refractivity contribution is 6.13. The molecule has 0 aliphatic heterocycles. The minimum Gasteiger partial charge on any atom is -0.309 e. The van der Waals surface area contributed by atoms with Gasteiger partial charge in [0.25, 0.3) is 0 Å². The van der Waals surface area contributed by atoms with Crippen LogP contribution in [0.3, 0.4) is 0 Å². The van der Waals surface area contributed by atoms with Crippen LogP contribution in [0.25, 0.3) is 111 Å². The molecule has 0 fully saturated rings. The maximum absolute atomic E-state index is 5.15. The molecule has 290 valence electrons. The molecule has 12 aromatic rings. The van der Waals surface area contributed by atoms with Crippen LogP contribution in [-0.2, 0) is 0 Å². The Bertz CT molecular complexity index is 3550. The standard InChI is InChI=1S/C57H37N5/c1-5-17-38(18-6-1)42-30-34-52-49(35-42)47-26-14-15-27-50(47)61(52)44-31-33-48-46-25-13-16-28-51(46)62(54(48)37-44)53-36-43(29-32-45(53)39-19-7-2-8-20-39)57-59-55(40-21-9-3-10-22-40)58-56(60-57)41-23-11-4-12-24-41/h1-37H. The molecular weight excluding hydrogens is 755 g/mol. The van der Waals surface area contributed by atoms with Crippen molar-refractivity contribution in [2.24, 2.45) is 0 Å². The second kappa shape index (κ2) is 14.7. The normalized spacial score (nSPS) is 11.5. The minimum atomic E-state index is 0.611. The van der Waals surface area contributed by atoms with Crippen LogP contribution in [0.2, 0.25) is 0 Å². The Hall–Kier alpha value is -8.41. The highest BCUT2D eigenvalue weighted by Gasteiger charge is 2.21. The molecule has 0 radical (unpaired) electrons. The molecule has 12 rings (SSSR count). The first-order valence-electron chi connectivity index (χ1n) is 20.9. The van der Waals surface area contributed by atoms with Crippen LogP contribution in [0.4, 0.5) is 0 Å². The molecule has 0 amide bonds. The maximum Gasteiger partial charge on any atom is 0.164 e. The molecule has 0 saturated carbocycles. The van der Waals surface area contributed by atoms with E-state index in [1.165, 1.54) is 38.2 Å². The van der Waals surface area contributed by atoms with Gasteiger partial charge < -0.3 is 9.13 Å². The lowest BCUT2D eigenvalue weighted by molar-refractivity contribution is 1.07. The van der Waals surface area contributed by atoms with Crippen LogP contribution in [0.15, 0.2) is 224 Å². The topological polar surface area (TPSA) is 48.5 Å². The summed E-state index contributed by atoms with van der Waals surface area (Å²) in [6.45, 7) is 0. The molecule has 3 aromatic heterocycles. The lowest BCUT2D eigenvalue weighted by atomic mass is 10.0. The first kappa shape index (κ1) is 35.5. The number of benzene rings is 9. The van der Waals surface area contributed by atoms with E-state index >= 15 is 0 Å². The van der Waals surface area contributed by atoms with Gasteiger partial charge in [-0.05, 0) is 59.2 Å². The number of fused-ring (bicyclic) bond motifs is 6. The number of hydrogen-bond donors (Lipinski definition) is 0. The molecule has 0 unspecified atom stereocenters. The molecule has 9 aromatic carbocycles. The second-order valence-electron chi connectivity index (χ2n) is 15.6. The number of para-hydroxylation sites is 2. The van der Waals surface area contributed by atoms with Gasteiger partial charge in [0.15, 0.2) is 17.5 Å². The Kier molecular flexibility index (Phi) is 8.42. The van der Waals surface area contributed by atoms with E-state index in [2.05, 4.69) is 173 Å². The second-order valence-corrected chi connectivity index (χ2v) is 15.6. The maximum atomic E-state index is 5.15. The summed E-state index contributed by atoms with van der Waals surface area (Å²) in [4.78, 5) is 15.3. The van der Waals surface area contributed by atoms with Gasteiger partial charge in [-0.1, -0.05) is 182 Å². The van der Waals surface area contributed by atoms with Gasteiger partial charge in [0.2, 0.25) is 0 Å². The summed E-state index contributed by atoms with van der Waals surface area (Å²) in [5, 5.41) is 4.82. The zero-order chi connectivity index (χ0) is 41.0. The average Bonchev–Trinajstić information content (AvgIpc) is 3.87. The molecule has 3 heterocycles. The van der Waals surface area contributed by atoms with Crippen molar-refractivity contribution in [3.05, 3.63) is 224 Å². The predicted octanol–water partition coefficient (Wildman–Crippen LogP) is 14.4. The lowest BCUT2D eigenvalue weighted by Crippen LogP contribution is -2.02. The Morgan fingerprint density at radius 1 is 0.258 bits per heavy atom. The molecule has 0 atom stereocenters. The van der Waals surface area contributed by atoms with Crippen molar-refractivity contribution in [3.8, 4) is 67.8 Å². The lowest BCUT2D eigenvalue weighted by Gasteiger charge is -2.17. The molecule has 5 heteroatoms. The Morgan fingerprint density at radius 3 is 1.35 bits per heavy atom. The van der Waals surface area contributed by atoms with E-state index in [1.807, 2.05) is 60.7 Å². The van der Waals surface area contributed by atoms with Crippen molar-refractivity contribution >= 4 is 43.6 Å². The summed E-state index contributed by atoms with van der Waals surface area (Å²) in [6, 6.07) is 79.4. The molecule has 62 heavy (non-hydrogen) atoms. The molecular formula is C57H37N5. The van der Waals surface area contributed by atoms with Crippen molar-refractivity contribution in [1.82, 2.24) is 24.1 Å². The minimum absolute atomic E-state index is 0.611. The number of rotatable bonds is 7. The smallest absolute Gasteiger partial charge is 0.164 e. The number of hydrogen-bond acceptors (Lipinski definition) is 3. The van der Waals surface area contributed by atoms with Gasteiger partial charge in [-0.25, -0.2) is 15.0 Å². The predicted molar refractivity (Wildman–Crippen MR) is 256 cm³/mol. The molecule has 0 N–H and O–H groups in total. The van der Waals surface area contributed by atoms with Gasteiger partial charge in [0.05, 0.1) is 27.8 Å². The molecule has 0 bridgehead atoms. The molecule has 0 aliphatic rings. The van der Waals surface area contributed by atoms with Crippen molar-refractivity contribution in [2.45, 2.75) is 0 Å². The first-order chi connectivity index (χ1) is 30.7. The highest BCUT2D eigenvalue weighted by Crippen LogP contribution is 2.41. The largest absolute Gasteiger partial charge is 0.309 e. The molecule has 0 saturated heterocycles. The van der Waals surface area contributed by atoms with Crippen LogP contribution in [0.1, 0.15) is 0 Å². The van der Waals surface area contributed by atoms with Gasteiger partial charge in [-0.15, -0.1) is 0 Å². The third-order valence-electron chi connectivity index (χ3n) is 12.0. The zero-order valence-electron chi connectivity index (χ0n) is 33.6. The van der Waals surface area contributed by atoms with Gasteiger partial charge in [0.1, 0.15) is 0 Å². The summed E-state index contributed by atoms with van der Waals surface area (Å²) < 4.78 is 4.84. The number of aromatic nitrogens is 5. The van der Waals surface area contributed by atoms with Crippen molar-refractivity contribution < 1.29 is 0 Å². The molecule has 0 aliphatic carbocycles. The van der Waals surface area contributed by atoms with Crippen molar-refractivity contribution in [1.29, 1.82) is 0 Å². The quantitative estimate of drug-likeness (QED) is 0.162. The summed E-state index contributed by atoms with van der Waals surface area (Å²) in [7, 11) is 0. The summed E-state index contributed by atoms with van der Waals surface area (Å²) >= 11 is 0. The first-order valence-corrected chi connectivity index (χ1v) is 20.9. The van der Waals surface area contributed by atoms with Crippen molar-refractivity contribution in [2.75, 3.05) is 0 Å². The van der Waals surface area contributed by atoms with E-state index in [0.29, 0.717) is 17.5 Å². The fraction of sp³-hybridized carbons (Fsp3) is 0. The van der Waals surface area contributed by atoms with Crippen molar-refractivity contribution in [3.63, 3.8) is 0 Å². The van der Waals surface area contributed by atoms with Gasteiger partial charge in [-0.2, -0.15) is 0 Å². The van der Waals surface area contributed by atoms with E-state index in [4.69, 9.17) is 15.0 Å². The van der Waals surface area contributed by atoms with Gasteiger partial charge in [-0.3, -0.25) is 0 Å². The summed E-state index contributed by atoms with van der Waals surface area (Å²) in [6.07, 6.45) is 0. The molecule has 0 spiro atoms. The summed E-state index contributed by atoms with van der Waals surface area (Å²) in [5.74, 6) is 1.87. The molecule has 5 nitrogen and oxygen atoms in total.